The first-order valence-electron chi connectivity index (χ1n) is 6.45. The second-order valence-electron chi connectivity index (χ2n) is 4.37. The van der Waals surface area contributed by atoms with Gasteiger partial charge < -0.3 is 14.8 Å². The average molecular weight is 258 g/mol. The Morgan fingerprint density at radius 3 is 2.42 bits per heavy atom. The minimum atomic E-state index is 0.552. The van der Waals surface area contributed by atoms with Crippen molar-refractivity contribution in [3.05, 3.63) is 59.7 Å². The molecule has 2 rings (SSSR count). The molecule has 2 N–H and O–H groups in total. The Bertz CT molecular complexity index is 511. The van der Waals surface area contributed by atoms with Crippen LogP contribution in [0.25, 0.3) is 0 Å². The van der Waals surface area contributed by atoms with Crippen molar-refractivity contribution >= 4 is 0 Å². The lowest BCUT2D eigenvalue weighted by Crippen LogP contribution is -2.77. The monoisotopic (exact) mass is 258 g/mol. The molecule has 0 atom stereocenters. The molecule has 0 spiro atoms. The summed E-state index contributed by atoms with van der Waals surface area (Å²) in [5.41, 5.74) is 2.38. The number of nitrogens with two attached hydrogens (primary N) is 1. The van der Waals surface area contributed by atoms with E-state index in [-0.39, 0.29) is 0 Å². The molecule has 0 radical (unpaired) electrons. The first kappa shape index (κ1) is 13.4. The molecule has 0 amide bonds. The van der Waals surface area contributed by atoms with Gasteiger partial charge in [-0.3, -0.25) is 0 Å². The fourth-order valence-corrected chi connectivity index (χ4v) is 1.93. The summed E-state index contributed by atoms with van der Waals surface area (Å²) in [6, 6.07) is 16.2. The van der Waals surface area contributed by atoms with Crippen LogP contribution >= 0.6 is 0 Å². The maximum Gasteiger partial charge on any atom is 0.161 e. The van der Waals surface area contributed by atoms with E-state index in [2.05, 4.69) is 11.4 Å². The predicted octanol–water partition coefficient (Wildman–Crippen LogP) is 1.97. The highest BCUT2D eigenvalue weighted by Gasteiger charge is 2.06. The molecule has 3 heteroatoms. The number of rotatable bonds is 6. The summed E-state index contributed by atoms with van der Waals surface area (Å²) in [6.45, 7) is 1.49. The van der Waals surface area contributed by atoms with Crippen molar-refractivity contribution in [3.8, 4) is 11.5 Å². The average Bonchev–Trinajstić information content (AvgIpc) is 2.47. The molecule has 19 heavy (non-hydrogen) atoms. The third-order valence-electron chi connectivity index (χ3n) is 2.91. The Labute approximate surface area is 114 Å². The summed E-state index contributed by atoms with van der Waals surface area (Å²) in [4.78, 5) is 0. The van der Waals surface area contributed by atoms with E-state index >= 15 is 0 Å². The van der Waals surface area contributed by atoms with E-state index in [1.807, 2.05) is 49.5 Å². The van der Waals surface area contributed by atoms with E-state index in [4.69, 9.17) is 9.47 Å². The molecule has 0 unspecified atom stereocenters. The molecule has 2 aromatic carbocycles. The highest BCUT2D eigenvalue weighted by molar-refractivity contribution is 5.42. The number of methoxy groups -OCH3 is 1. The highest BCUT2D eigenvalue weighted by atomic mass is 16.5. The van der Waals surface area contributed by atoms with Crippen LogP contribution in [0, 0.1) is 0 Å². The van der Waals surface area contributed by atoms with Crippen molar-refractivity contribution in [2.45, 2.75) is 13.2 Å². The van der Waals surface area contributed by atoms with Crippen LogP contribution in [0.2, 0.25) is 0 Å². The zero-order chi connectivity index (χ0) is 13.5. The van der Waals surface area contributed by atoms with Crippen molar-refractivity contribution in [2.24, 2.45) is 0 Å². The van der Waals surface area contributed by atoms with Crippen LogP contribution < -0.4 is 14.8 Å². The Kier molecular flexibility index (Phi) is 4.81. The molecule has 0 aliphatic carbocycles. The molecule has 100 valence electrons. The summed E-state index contributed by atoms with van der Waals surface area (Å²) >= 11 is 0. The third kappa shape index (κ3) is 3.73. The summed E-state index contributed by atoms with van der Waals surface area (Å²) in [5, 5.41) is 2.12. The van der Waals surface area contributed by atoms with E-state index in [1.54, 1.807) is 7.11 Å². The molecule has 0 saturated heterocycles. The topological polar surface area (TPSA) is 35.1 Å². The van der Waals surface area contributed by atoms with Crippen molar-refractivity contribution in [2.75, 3.05) is 14.2 Å². The summed E-state index contributed by atoms with van der Waals surface area (Å²) in [5.74, 6) is 1.57. The molecule has 2 aromatic rings. The minimum absolute atomic E-state index is 0.552. The Morgan fingerprint density at radius 1 is 0.947 bits per heavy atom. The Morgan fingerprint density at radius 2 is 1.74 bits per heavy atom. The number of quaternary nitrogens is 1. The van der Waals surface area contributed by atoms with Crippen LogP contribution in [0.15, 0.2) is 48.5 Å². The van der Waals surface area contributed by atoms with E-state index in [0.717, 1.165) is 23.6 Å². The lowest BCUT2D eigenvalue weighted by Gasteiger charge is -2.11. The van der Waals surface area contributed by atoms with Gasteiger partial charge in [0.2, 0.25) is 0 Å². The molecular weight excluding hydrogens is 238 g/mol. The van der Waals surface area contributed by atoms with E-state index in [9.17, 15) is 0 Å². The smallest absolute Gasteiger partial charge is 0.161 e. The minimum Gasteiger partial charge on any atom is -0.493 e. The largest absolute Gasteiger partial charge is 0.493 e. The van der Waals surface area contributed by atoms with Crippen LogP contribution in [0.4, 0.5) is 0 Å². The quantitative estimate of drug-likeness (QED) is 0.859. The van der Waals surface area contributed by atoms with Gasteiger partial charge in [0.05, 0.1) is 14.2 Å². The molecule has 0 heterocycles. The molecular formula is C16H20NO2+. The van der Waals surface area contributed by atoms with E-state index in [0.29, 0.717) is 6.61 Å². The van der Waals surface area contributed by atoms with Crippen molar-refractivity contribution in [3.63, 3.8) is 0 Å². The normalized spacial score (nSPS) is 10.2. The van der Waals surface area contributed by atoms with Crippen LogP contribution in [0.1, 0.15) is 11.1 Å². The molecule has 0 aromatic heterocycles. The van der Waals surface area contributed by atoms with Crippen molar-refractivity contribution < 1.29 is 14.8 Å². The second kappa shape index (κ2) is 6.81. The van der Waals surface area contributed by atoms with Crippen LogP contribution in [0.5, 0.6) is 11.5 Å². The maximum atomic E-state index is 5.81. The number of hydrogen-bond donors (Lipinski definition) is 1. The van der Waals surface area contributed by atoms with Gasteiger partial charge in [-0.25, -0.2) is 0 Å². The predicted molar refractivity (Wildman–Crippen MR) is 75.3 cm³/mol. The Balaban J connectivity index is 2.07. The van der Waals surface area contributed by atoms with Crippen molar-refractivity contribution in [1.29, 1.82) is 0 Å². The fourth-order valence-electron chi connectivity index (χ4n) is 1.93. The first-order valence-corrected chi connectivity index (χ1v) is 6.45. The molecule has 3 nitrogen and oxygen atoms in total. The van der Waals surface area contributed by atoms with Gasteiger partial charge in [0.25, 0.3) is 0 Å². The van der Waals surface area contributed by atoms with Crippen LogP contribution in [-0.2, 0) is 13.2 Å². The van der Waals surface area contributed by atoms with Crippen molar-refractivity contribution in [1.82, 2.24) is 0 Å². The fraction of sp³-hybridized carbons (Fsp3) is 0.250. The molecule has 0 fully saturated rings. The third-order valence-corrected chi connectivity index (χ3v) is 2.91. The standard InChI is InChI=1S/C16H19NO2/c1-17-11-14-8-9-15(16(10-14)18-2)19-12-13-6-4-3-5-7-13/h3-10,17H,11-12H2,1-2H3/p+1. The lowest BCUT2D eigenvalue weighted by atomic mass is 10.2. The van der Waals surface area contributed by atoms with E-state index in [1.165, 1.54) is 5.56 Å². The van der Waals surface area contributed by atoms with Gasteiger partial charge in [-0.1, -0.05) is 30.3 Å². The van der Waals surface area contributed by atoms with Gasteiger partial charge in [0.1, 0.15) is 13.2 Å². The molecule has 0 aliphatic rings. The maximum absolute atomic E-state index is 5.81. The van der Waals surface area contributed by atoms with E-state index < -0.39 is 0 Å². The van der Waals surface area contributed by atoms with Gasteiger partial charge in [0.15, 0.2) is 11.5 Å². The van der Waals surface area contributed by atoms with Gasteiger partial charge in [-0.15, -0.1) is 0 Å². The summed E-state index contributed by atoms with van der Waals surface area (Å²) in [7, 11) is 3.72. The van der Waals surface area contributed by atoms with Crippen LogP contribution in [-0.4, -0.2) is 14.2 Å². The highest BCUT2D eigenvalue weighted by Crippen LogP contribution is 2.28. The van der Waals surface area contributed by atoms with Crippen LogP contribution in [0.3, 0.4) is 0 Å². The van der Waals surface area contributed by atoms with Gasteiger partial charge >= 0.3 is 0 Å². The Hall–Kier alpha value is -2.00. The zero-order valence-electron chi connectivity index (χ0n) is 11.4. The van der Waals surface area contributed by atoms with Gasteiger partial charge in [0, 0.05) is 5.56 Å². The molecule has 0 saturated carbocycles. The van der Waals surface area contributed by atoms with Gasteiger partial charge in [-0.05, 0) is 23.8 Å². The number of ether oxygens (including phenoxy) is 2. The summed E-state index contributed by atoms with van der Waals surface area (Å²) < 4.78 is 11.2. The first-order chi connectivity index (χ1) is 9.33. The molecule has 0 aliphatic heterocycles. The van der Waals surface area contributed by atoms with Gasteiger partial charge in [-0.2, -0.15) is 0 Å². The number of hydrogen-bond acceptors (Lipinski definition) is 2. The molecule has 0 bridgehead atoms. The number of benzene rings is 2. The SMILES string of the molecule is C[NH2+]Cc1ccc(OCc2ccccc2)c(OC)c1. The second-order valence-corrected chi connectivity index (χ2v) is 4.37. The summed E-state index contributed by atoms with van der Waals surface area (Å²) in [6.07, 6.45) is 0. The lowest BCUT2D eigenvalue weighted by molar-refractivity contribution is -0.643. The zero-order valence-corrected chi connectivity index (χ0v) is 11.4.